The smallest absolute Gasteiger partial charge is 0.128 e. The van der Waals surface area contributed by atoms with Crippen molar-refractivity contribution in [2.45, 2.75) is 25.8 Å². The van der Waals surface area contributed by atoms with Crippen LogP contribution in [0.4, 0.5) is 4.39 Å². The van der Waals surface area contributed by atoms with E-state index in [0.717, 1.165) is 19.4 Å². The molecule has 2 rings (SSSR count). The van der Waals surface area contributed by atoms with Crippen molar-refractivity contribution in [3.8, 4) is 0 Å². The Kier molecular flexibility index (Phi) is 2.71. The van der Waals surface area contributed by atoms with Crippen molar-refractivity contribution >= 4 is 5.84 Å². The molecule has 1 atom stereocenters. The number of likely N-dealkylation sites (tertiary alicyclic amines) is 1. The molecule has 0 spiro atoms. The zero-order valence-electron chi connectivity index (χ0n) is 8.83. The molecule has 1 unspecified atom stereocenters. The molecule has 0 saturated carbocycles. The van der Waals surface area contributed by atoms with Crippen molar-refractivity contribution < 1.29 is 4.39 Å². The number of halogens is 1. The van der Waals surface area contributed by atoms with Gasteiger partial charge in [0.25, 0.3) is 0 Å². The molecule has 2 nitrogen and oxygen atoms in total. The van der Waals surface area contributed by atoms with E-state index in [4.69, 9.17) is 5.41 Å². The first kappa shape index (κ1) is 10.1. The Hall–Kier alpha value is -1.38. The summed E-state index contributed by atoms with van der Waals surface area (Å²) in [5, 5.41) is 7.76. The molecule has 0 amide bonds. The summed E-state index contributed by atoms with van der Waals surface area (Å²) in [6.07, 6.45) is 1.83. The number of hydrogen-bond donors (Lipinski definition) is 1. The molecule has 1 heterocycles. The lowest BCUT2D eigenvalue weighted by Crippen LogP contribution is -2.28. The highest BCUT2D eigenvalue weighted by molar-refractivity contribution is 5.81. The predicted molar refractivity (Wildman–Crippen MR) is 58.5 cm³/mol. The van der Waals surface area contributed by atoms with Gasteiger partial charge in [-0.2, -0.15) is 0 Å². The second-order valence-corrected chi connectivity index (χ2v) is 3.94. The molecule has 1 aromatic rings. The second-order valence-electron chi connectivity index (χ2n) is 3.94. The van der Waals surface area contributed by atoms with Crippen LogP contribution in [0.25, 0.3) is 0 Å². The van der Waals surface area contributed by atoms with Crippen molar-refractivity contribution in [1.82, 2.24) is 4.90 Å². The Morgan fingerprint density at radius 1 is 1.40 bits per heavy atom. The van der Waals surface area contributed by atoms with Crippen LogP contribution in [0.3, 0.4) is 0 Å². The van der Waals surface area contributed by atoms with E-state index >= 15 is 0 Å². The van der Waals surface area contributed by atoms with Gasteiger partial charge in [-0.05, 0) is 19.4 Å². The number of nitrogens with one attached hydrogen (secondary N) is 1. The molecular formula is C12H15FN2. The molecule has 1 aromatic carbocycles. The molecule has 15 heavy (non-hydrogen) atoms. The summed E-state index contributed by atoms with van der Waals surface area (Å²) < 4.78 is 13.5. The number of nitrogens with zero attached hydrogens (tertiary/aromatic N) is 1. The van der Waals surface area contributed by atoms with Crippen LogP contribution in [0.15, 0.2) is 24.3 Å². The predicted octanol–water partition coefficient (Wildman–Crippen LogP) is 2.96. The molecule has 1 aliphatic heterocycles. The van der Waals surface area contributed by atoms with Gasteiger partial charge < -0.3 is 4.90 Å². The first-order valence-electron chi connectivity index (χ1n) is 5.28. The van der Waals surface area contributed by atoms with Gasteiger partial charge in [-0.3, -0.25) is 5.41 Å². The summed E-state index contributed by atoms with van der Waals surface area (Å²) in [6.45, 7) is 2.83. The molecule has 1 saturated heterocycles. The van der Waals surface area contributed by atoms with E-state index in [2.05, 4.69) is 0 Å². The highest BCUT2D eigenvalue weighted by Crippen LogP contribution is 2.26. The summed E-state index contributed by atoms with van der Waals surface area (Å²) in [5.74, 6) is 0.454. The SMILES string of the molecule is CC(c1ccccc1F)N1CCCC1=N. The summed E-state index contributed by atoms with van der Waals surface area (Å²) in [7, 11) is 0. The highest BCUT2D eigenvalue weighted by atomic mass is 19.1. The standard InChI is InChI=1S/C12H15FN2/c1-9(15-8-4-7-12(15)14)10-5-2-3-6-11(10)13/h2-3,5-6,9,14H,4,7-8H2,1H3. The van der Waals surface area contributed by atoms with Crippen molar-refractivity contribution in [3.63, 3.8) is 0 Å². The van der Waals surface area contributed by atoms with Crippen LogP contribution in [0.2, 0.25) is 0 Å². The van der Waals surface area contributed by atoms with E-state index in [1.807, 2.05) is 17.9 Å². The molecule has 1 fully saturated rings. The molecular weight excluding hydrogens is 191 g/mol. The van der Waals surface area contributed by atoms with Crippen LogP contribution in [-0.4, -0.2) is 17.3 Å². The number of benzene rings is 1. The average molecular weight is 206 g/mol. The van der Waals surface area contributed by atoms with Gasteiger partial charge in [-0.15, -0.1) is 0 Å². The topological polar surface area (TPSA) is 27.1 Å². The van der Waals surface area contributed by atoms with Crippen LogP contribution in [0, 0.1) is 11.2 Å². The van der Waals surface area contributed by atoms with Crippen molar-refractivity contribution in [1.29, 1.82) is 5.41 Å². The fraction of sp³-hybridized carbons (Fsp3) is 0.417. The third-order valence-electron chi connectivity index (χ3n) is 2.98. The van der Waals surface area contributed by atoms with Crippen molar-refractivity contribution in [2.75, 3.05) is 6.54 Å². The molecule has 0 radical (unpaired) electrons. The van der Waals surface area contributed by atoms with Gasteiger partial charge >= 0.3 is 0 Å². The fourth-order valence-electron chi connectivity index (χ4n) is 2.10. The minimum absolute atomic E-state index is 0.0267. The summed E-state index contributed by atoms with van der Waals surface area (Å²) in [6, 6.07) is 6.79. The molecule has 80 valence electrons. The lowest BCUT2D eigenvalue weighted by Gasteiger charge is -2.26. The highest BCUT2D eigenvalue weighted by Gasteiger charge is 2.24. The lowest BCUT2D eigenvalue weighted by molar-refractivity contribution is 0.352. The lowest BCUT2D eigenvalue weighted by atomic mass is 10.1. The summed E-state index contributed by atoms with van der Waals surface area (Å²) >= 11 is 0. The van der Waals surface area contributed by atoms with Crippen LogP contribution in [0.1, 0.15) is 31.4 Å². The van der Waals surface area contributed by atoms with Crippen LogP contribution in [0.5, 0.6) is 0 Å². The molecule has 1 aliphatic rings. The summed E-state index contributed by atoms with van der Waals surface area (Å²) in [4.78, 5) is 1.97. The van der Waals surface area contributed by atoms with Crippen molar-refractivity contribution in [3.05, 3.63) is 35.6 Å². The van der Waals surface area contributed by atoms with E-state index in [1.165, 1.54) is 6.07 Å². The van der Waals surface area contributed by atoms with Gasteiger partial charge in [0.1, 0.15) is 5.82 Å². The molecule has 0 bridgehead atoms. The Balaban J connectivity index is 2.24. The fourth-order valence-corrected chi connectivity index (χ4v) is 2.10. The maximum atomic E-state index is 13.5. The number of rotatable bonds is 2. The Morgan fingerprint density at radius 3 is 2.73 bits per heavy atom. The zero-order chi connectivity index (χ0) is 10.8. The first-order chi connectivity index (χ1) is 7.20. The first-order valence-corrected chi connectivity index (χ1v) is 5.28. The van der Waals surface area contributed by atoms with E-state index in [1.54, 1.807) is 12.1 Å². The van der Waals surface area contributed by atoms with E-state index in [-0.39, 0.29) is 11.9 Å². The Bertz CT molecular complexity index is 376. The molecule has 3 heteroatoms. The maximum Gasteiger partial charge on any atom is 0.128 e. The maximum absolute atomic E-state index is 13.5. The third kappa shape index (κ3) is 1.87. The molecule has 0 aliphatic carbocycles. The van der Waals surface area contributed by atoms with Gasteiger partial charge in [-0.25, -0.2) is 4.39 Å². The van der Waals surface area contributed by atoms with Gasteiger partial charge in [0.05, 0.1) is 11.9 Å². The Labute approximate surface area is 89.2 Å². The van der Waals surface area contributed by atoms with E-state index in [0.29, 0.717) is 11.4 Å². The zero-order valence-corrected chi connectivity index (χ0v) is 8.83. The minimum atomic E-state index is -0.176. The van der Waals surface area contributed by atoms with Gasteiger partial charge in [0, 0.05) is 18.5 Å². The average Bonchev–Trinajstić information content (AvgIpc) is 2.64. The van der Waals surface area contributed by atoms with Gasteiger partial charge in [0.15, 0.2) is 0 Å². The quantitative estimate of drug-likeness (QED) is 0.791. The van der Waals surface area contributed by atoms with E-state index < -0.39 is 0 Å². The summed E-state index contributed by atoms with van der Waals surface area (Å²) in [5.41, 5.74) is 0.684. The number of amidine groups is 1. The second kappa shape index (κ2) is 4.01. The normalized spacial score (nSPS) is 18.3. The van der Waals surface area contributed by atoms with Crippen LogP contribution in [-0.2, 0) is 0 Å². The minimum Gasteiger partial charge on any atom is -0.354 e. The van der Waals surface area contributed by atoms with Crippen LogP contribution < -0.4 is 0 Å². The number of hydrogen-bond acceptors (Lipinski definition) is 1. The Morgan fingerprint density at radius 2 is 2.13 bits per heavy atom. The van der Waals surface area contributed by atoms with Crippen LogP contribution >= 0.6 is 0 Å². The molecule has 1 N–H and O–H groups in total. The largest absolute Gasteiger partial charge is 0.354 e. The molecule has 0 aromatic heterocycles. The third-order valence-corrected chi connectivity index (χ3v) is 2.98. The van der Waals surface area contributed by atoms with Gasteiger partial charge in [0.2, 0.25) is 0 Å². The van der Waals surface area contributed by atoms with Crippen molar-refractivity contribution in [2.24, 2.45) is 0 Å². The monoisotopic (exact) mass is 206 g/mol. The van der Waals surface area contributed by atoms with E-state index in [9.17, 15) is 4.39 Å². The van der Waals surface area contributed by atoms with Gasteiger partial charge in [-0.1, -0.05) is 18.2 Å².